The highest BCUT2D eigenvalue weighted by molar-refractivity contribution is 6.32. The third kappa shape index (κ3) is 3.80. The van der Waals surface area contributed by atoms with E-state index in [0.29, 0.717) is 21.9 Å². The minimum Gasteiger partial charge on any atom is -0.495 e. The highest BCUT2D eigenvalue weighted by Gasteiger charge is 2.13. The van der Waals surface area contributed by atoms with Gasteiger partial charge in [0, 0.05) is 5.56 Å². The van der Waals surface area contributed by atoms with Crippen LogP contribution in [-0.4, -0.2) is 25.5 Å². The summed E-state index contributed by atoms with van der Waals surface area (Å²) in [5, 5.41) is 2.29. The van der Waals surface area contributed by atoms with Gasteiger partial charge in [-0.25, -0.2) is 4.79 Å². The average Bonchev–Trinajstić information content (AvgIpc) is 2.65. The van der Waals surface area contributed by atoms with E-state index >= 15 is 0 Å². The predicted molar refractivity (Wildman–Crippen MR) is 96.6 cm³/mol. The Balaban J connectivity index is 1.68. The van der Waals surface area contributed by atoms with E-state index in [2.05, 4.69) is 0 Å². The molecule has 0 aliphatic heterocycles. The molecule has 3 aromatic rings. The van der Waals surface area contributed by atoms with Gasteiger partial charge in [0.2, 0.25) is 0 Å². The maximum absolute atomic E-state index is 12.2. The summed E-state index contributed by atoms with van der Waals surface area (Å²) < 4.78 is 10.2. The minimum absolute atomic E-state index is 0.328. The number of hydrogen-bond donors (Lipinski definition) is 0. The molecule has 0 fully saturated rings. The van der Waals surface area contributed by atoms with Gasteiger partial charge in [0.25, 0.3) is 0 Å². The molecule has 0 aromatic heterocycles. The molecule has 0 N–H and O–H groups in total. The number of hydrogen-bond acceptors (Lipinski definition) is 4. The number of fused-ring (bicyclic) bond motifs is 1. The zero-order valence-electron chi connectivity index (χ0n) is 13.5. The Kier molecular flexibility index (Phi) is 5.00. The summed E-state index contributed by atoms with van der Waals surface area (Å²) in [6.07, 6.45) is 0. The summed E-state index contributed by atoms with van der Waals surface area (Å²) in [4.78, 5) is 24.3. The lowest BCUT2D eigenvalue weighted by Crippen LogP contribution is -2.14. The van der Waals surface area contributed by atoms with Crippen molar-refractivity contribution in [3.05, 3.63) is 76.8 Å². The Morgan fingerprint density at radius 2 is 1.64 bits per heavy atom. The van der Waals surface area contributed by atoms with Gasteiger partial charge in [-0.1, -0.05) is 41.9 Å². The van der Waals surface area contributed by atoms with Crippen LogP contribution in [0.15, 0.2) is 60.7 Å². The molecular formula is C20H15ClO4. The first kappa shape index (κ1) is 17.0. The number of ether oxygens (including phenoxy) is 2. The van der Waals surface area contributed by atoms with E-state index in [1.807, 2.05) is 30.3 Å². The molecule has 0 radical (unpaired) electrons. The van der Waals surface area contributed by atoms with Crippen molar-refractivity contribution < 1.29 is 19.1 Å². The van der Waals surface area contributed by atoms with Crippen molar-refractivity contribution in [1.29, 1.82) is 0 Å². The van der Waals surface area contributed by atoms with E-state index in [-0.39, 0.29) is 12.4 Å². The fourth-order valence-electron chi connectivity index (χ4n) is 2.45. The number of halogens is 1. The number of carbonyl (C=O) groups excluding carboxylic acids is 2. The van der Waals surface area contributed by atoms with Crippen LogP contribution in [0.3, 0.4) is 0 Å². The fourth-order valence-corrected chi connectivity index (χ4v) is 2.71. The molecule has 0 amide bonds. The Hall–Kier alpha value is -2.85. The SMILES string of the molecule is COc1ccc(C(=O)COC(=O)c2ccc3ccccc3c2)cc1Cl. The van der Waals surface area contributed by atoms with Crippen LogP contribution in [-0.2, 0) is 4.74 Å². The van der Waals surface area contributed by atoms with Gasteiger partial charge in [0.15, 0.2) is 12.4 Å². The van der Waals surface area contributed by atoms with E-state index in [1.54, 1.807) is 24.3 Å². The van der Waals surface area contributed by atoms with E-state index in [9.17, 15) is 9.59 Å². The van der Waals surface area contributed by atoms with Crippen LogP contribution < -0.4 is 4.74 Å². The summed E-state index contributed by atoms with van der Waals surface area (Å²) in [5.41, 5.74) is 0.761. The van der Waals surface area contributed by atoms with Crippen molar-refractivity contribution >= 4 is 34.1 Å². The van der Waals surface area contributed by atoms with Crippen LogP contribution in [0.5, 0.6) is 5.75 Å². The topological polar surface area (TPSA) is 52.6 Å². The molecule has 0 heterocycles. The lowest BCUT2D eigenvalue weighted by Gasteiger charge is -2.07. The van der Waals surface area contributed by atoms with Crippen LogP contribution in [0.2, 0.25) is 5.02 Å². The monoisotopic (exact) mass is 354 g/mol. The van der Waals surface area contributed by atoms with E-state index in [4.69, 9.17) is 21.1 Å². The first-order chi connectivity index (χ1) is 12.1. The van der Waals surface area contributed by atoms with Crippen LogP contribution >= 0.6 is 11.6 Å². The third-order valence-corrected chi connectivity index (χ3v) is 4.09. The second-order valence-corrected chi connectivity index (χ2v) is 5.82. The Morgan fingerprint density at radius 1 is 0.920 bits per heavy atom. The summed E-state index contributed by atoms with van der Waals surface area (Å²) in [5.74, 6) is -0.399. The van der Waals surface area contributed by atoms with Crippen molar-refractivity contribution in [2.75, 3.05) is 13.7 Å². The highest BCUT2D eigenvalue weighted by Crippen LogP contribution is 2.25. The quantitative estimate of drug-likeness (QED) is 0.498. The Bertz CT molecular complexity index is 949. The van der Waals surface area contributed by atoms with Crippen LogP contribution in [0.25, 0.3) is 10.8 Å². The number of methoxy groups -OCH3 is 1. The highest BCUT2D eigenvalue weighted by atomic mass is 35.5. The normalized spacial score (nSPS) is 10.5. The van der Waals surface area contributed by atoms with E-state index in [1.165, 1.54) is 13.2 Å². The molecule has 126 valence electrons. The number of benzene rings is 3. The zero-order chi connectivity index (χ0) is 17.8. The number of Topliss-reactive ketones (excluding diaryl/α,β-unsaturated/α-hetero) is 1. The predicted octanol–water partition coefficient (Wildman–Crippen LogP) is 4.54. The molecule has 5 heteroatoms. The third-order valence-electron chi connectivity index (χ3n) is 3.79. The Labute approximate surface area is 149 Å². The largest absolute Gasteiger partial charge is 0.495 e. The summed E-state index contributed by atoms with van der Waals surface area (Å²) in [6, 6.07) is 17.6. The standard InChI is InChI=1S/C20H15ClO4/c1-24-19-9-8-15(11-17(19)21)18(22)12-25-20(23)16-7-6-13-4-2-3-5-14(13)10-16/h2-11H,12H2,1H3. The van der Waals surface area contributed by atoms with Gasteiger partial charge in [-0.15, -0.1) is 0 Å². The second kappa shape index (κ2) is 7.36. The molecule has 0 saturated heterocycles. The molecule has 0 unspecified atom stereocenters. The molecule has 0 atom stereocenters. The van der Waals surface area contributed by atoms with Crippen molar-refractivity contribution in [2.24, 2.45) is 0 Å². The maximum atomic E-state index is 12.2. The van der Waals surface area contributed by atoms with Crippen LogP contribution in [0.1, 0.15) is 20.7 Å². The molecule has 0 saturated carbocycles. The summed E-state index contributed by atoms with van der Waals surface area (Å²) >= 11 is 6.00. The number of carbonyl (C=O) groups is 2. The molecule has 3 aromatic carbocycles. The van der Waals surface area contributed by atoms with E-state index in [0.717, 1.165) is 10.8 Å². The van der Waals surface area contributed by atoms with E-state index < -0.39 is 5.97 Å². The van der Waals surface area contributed by atoms with Gasteiger partial charge in [-0.3, -0.25) is 4.79 Å². The molecule has 0 aliphatic carbocycles. The molecule has 0 aliphatic rings. The van der Waals surface area contributed by atoms with Gasteiger partial charge in [0.05, 0.1) is 17.7 Å². The zero-order valence-corrected chi connectivity index (χ0v) is 14.2. The number of rotatable bonds is 5. The number of esters is 1. The van der Waals surface area contributed by atoms with Crippen molar-refractivity contribution in [2.45, 2.75) is 0 Å². The molecule has 25 heavy (non-hydrogen) atoms. The first-order valence-electron chi connectivity index (χ1n) is 7.61. The molecule has 0 bridgehead atoms. The number of ketones is 1. The van der Waals surface area contributed by atoms with Crippen molar-refractivity contribution in [3.8, 4) is 5.75 Å². The molecule has 0 spiro atoms. The minimum atomic E-state index is -0.543. The van der Waals surface area contributed by atoms with Crippen molar-refractivity contribution in [1.82, 2.24) is 0 Å². The Morgan fingerprint density at radius 3 is 2.36 bits per heavy atom. The lowest BCUT2D eigenvalue weighted by atomic mass is 10.1. The molecule has 3 rings (SSSR count). The smallest absolute Gasteiger partial charge is 0.338 e. The van der Waals surface area contributed by atoms with Gasteiger partial charge in [-0.2, -0.15) is 0 Å². The fraction of sp³-hybridized carbons (Fsp3) is 0.100. The summed E-state index contributed by atoms with van der Waals surface area (Å²) in [6.45, 7) is -0.353. The van der Waals surface area contributed by atoms with Gasteiger partial charge >= 0.3 is 5.97 Å². The van der Waals surface area contributed by atoms with Gasteiger partial charge in [0.1, 0.15) is 5.75 Å². The molecule has 4 nitrogen and oxygen atoms in total. The average molecular weight is 355 g/mol. The maximum Gasteiger partial charge on any atom is 0.338 e. The van der Waals surface area contributed by atoms with Crippen molar-refractivity contribution in [3.63, 3.8) is 0 Å². The molecular weight excluding hydrogens is 340 g/mol. The lowest BCUT2D eigenvalue weighted by molar-refractivity contribution is 0.0475. The summed E-state index contributed by atoms with van der Waals surface area (Å²) in [7, 11) is 1.49. The van der Waals surface area contributed by atoms with Crippen LogP contribution in [0, 0.1) is 0 Å². The first-order valence-corrected chi connectivity index (χ1v) is 7.99. The van der Waals surface area contributed by atoms with Crippen LogP contribution in [0.4, 0.5) is 0 Å². The second-order valence-electron chi connectivity index (χ2n) is 5.41. The van der Waals surface area contributed by atoms with Gasteiger partial charge < -0.3 is 9.47 Å². The van der Waals surface area contributed by atoms with Gasteiger partial charge in [-0.05, 0) is 41.1 Å².